The Kier molecular flexibility index (Phi) is 6.19. The fourth-order valence-electron chi connectivity index (χ4n) is 3.00. The van der Waals surface area contributed by atoms with Crippen LogP contribution in [0.4, 0.5) is 11.6 Å². The maximum absolute atomic E-state index is 12.5. The minimum Gasteiger partial charge on any atom is -0.331 e. The van der Waals surface area contributed by atoms with E-state index in [0.717, 1.165) is 16.8 Å². The fraction of sp³-hybridized carbons (Fsp3) is 0.318. The minimum atomic E-state index is -0.288. The zero-order valence-corrected chi connectivity index (χ0v) is 19.5. The van der Waals surface area contributed by atoms with Gasteiger partial charge in [0.2, 0.25) is 11.7 Å². The maximum Gasteiger partial charge on any atom is 0.294 e. The van der Waals surface area contributed by atoms with Crippen molar-refractivity contribution in [1.29, 1.82) is 0 Å². The van der Waals surface area contributed by atoms with Crippen molar-refractivity contribution in [2.45, 2.75) is 39.0 Å². The molecule has 0 saturated heterocycles. The molecule has 3 heterocycles. The van der Waals surface area contributed by atoms with Gasteiger partial charge in [0.25, 0.3) is 5.89 Å². The lowest BCUT2D eigenvalue weighted by Crippen LogP contribution is -2.13. The van der Waals surface area contributed by atoms with Crippen molar-refractivity contribution >= 4 is 29.0 Å². The van der Waals surface area contributed by atoms with Crippen LogP contribution in [0, 0.1) is 0 Å². The Balaban J connectivity index is 1.43. The Morgan fingerprint density at radius 2 is 2.03 bits per heavy atom. The summed E-state index contributed by atoms with van der Waals surface area (Å²) < 4.78 is 6.80. The first-order valence-electron chi connectivity index (χ1n) is 10.3. The molecule has 0 atom stereocenters. The van der Waals surface area contributed by atoms with Gasteiger partial charge in [-0.3, -0.25) is 9.48 Å². The van der Waals surface area contributed by atoms with Gasteiger partial charge in [-0.15, -0.1) is 0 Å². The van der Waals surface area contributed by atoms with Crippen LogP contribution in [-0.2, 0) is 18.9 Å². The largest absolute Gasteiger partial charge is 0.331 e. The number of anilines is 2. The van der Waals surface area contributed by atoms with Crippen molar-refractivity contribution in [3.8, 4) is 11.4 Å². The lowest BCUT2D eigenvalue weighted by molar-refractivity contribution is 0.0940. The summed E-state index contributed by atoms with van der Waals surface area (Å²) in [4.78, 5) is 29.5. The topological polar surface area (TPSA) is 125 Å². The molecule has 0 spiro atoms. The second kappa shape index (κ2) is 9.07. The predicted molar refractivity (Wildman–Crippen MR) is 122 cm³/mol. The first-order valence-corrected chi connectivity index (χ1v) is 10.7. The summed E-state index contributed by atoms with van der Waals surface area (Å²) in [7, 11) is 1.83. The molecule has 0 saturated carbocycles. The van der Waals surface area contributed by atoms with Crippen LogP contribution in [0.25, 0.3) is 11.4 Å². The molecule has 10 nitrogen and oxygen atoms in total. The van der Waals surface area contributed by atoms with Gasteiger partial charge in [-0.25, -0.2) is 9.97 Å². The summed E-state index contributed by atoms with van der Waals surface area (Å²) in [5.41, 5.74) is 2.04. The molecule has 3 aromatic heterocycles. The molecular weight excluding hydrogens is 444 g/mol. The van der Waals surface area contributed by atoms with E-state index < -0.39 is 0 Å². The molecule has 4 rings (SSSR count). The number of hydrogen-bond acceptors (Lipinski definition) is 9. The highest BCUT2D eigenvalue weighted by Gasteiger charge is 2.23. The summed E-state index contributed by atoms with van der Waals surface area (Å²) in [6.45, 7) is 5.87. The highest BCUT2D eigenvalue weighted by molar-refractivity contribution is 6.31. The molecule has 1 N–H and O–H groups in total. The lowest BCUT2D eigenvalue weighted by atomic mass is 9.96. The average molecular weight is 467 g/mol. The zero-order valence-electron chi connectivity index (χ0n) is 18.7. The number of ketones is 1. The standard InChI is InChI=1S/C22H23ClN8O2/c1-22(2,3)20-29-19(33-30-20)17(32)8-7-13-5-6-14(9-16(13)23)18-24-12-25-21(28-18)27-15-10-26-31(4)11-15/h5-6,9-12H,7-8H2,1-4H3,(H,24,25,27,28). The van der Waals surface area contributed by atoms with Gasteiger partial charge >= 0.3 is 0 Å². The highest BCUT2D eigenvalue weighted by atomic mass is 35.5. The van der Waals surface area contributed by atoms with E-state index in [1.165, 1.54) is 6.33 Å². The van der Waals surface area contributed by atoms with E-state index in [9.17, 15) is 4.79 Å². The van der Waals surface area contributed by atoms with Crippen molar-refractivity contribution in [2.24, 2.45) is 7.05 Å². The van der Waals surface area contributed by atoms with Gasteiger partial charge < -0.3 is 9.84 Å². The van der Waals surface area contributed by atoms with Crippen LogP contribution < -0.4 is 5.32 Å². The second-order valence-electron chi connectivity index (χ2n) is 8.56. The van der Waals surface area contributed by atoms with Crippen molar-refractivity contribution in [2.75, 3.05) is 5.32 Å². The molecule has 0 amide bonds. The van der Waals surface area contributed by atoms with Crippen molar-refractivity contribution in [3.63, 3.8) is 0 Å². The number of benzene rings is 1. The number of aromatic nitrogens is 7. The monoisotopic (exact) mass is 466 g/mol. The number of Topliss-reactive ketones (excluding diaryl/α,β-unsaturated/α-hetero) is 1. The van der Waals surface area contributed by atoms with Crippen LogP contribution in [0.2, 0.25) is 5.02 Å². The minimum absolute atomic E-state index is 0.0199. The third kappa shape index (κ3) is 5.40. The third-order valence-corrected chi connectivity index (χ3v) is 5.15. The van der Waals surface area contributed by atoms with Crippen molar-refractivity contribution < 1.29 is 9.32 Å². The van der Waals surface area contributed by atoms with E-state index in [4.69, 9.17) is 16.1 Å². The number of nitrogens with one attached hydrogen (secondary N) is 1. The number of halogens is 1. The molecule has 1 aromatic carbocycles. The molecule has 0 radical (unpaired) electrons. The lowest BCUT2D eigenvalue weighted by Gasteiger charge is -2.10. The first kappa shape index (κ1) is 22.5. The van der Waals surface area contributed by atoms with Crippen LogP contribution in [0.15, 0.2) is 41.4 Å². The summed E-state index contributed by atoms with van der Waals surface area (Å²) >= 11 is 6.48. The van der Waals surface area contributed by atoms with Gasteiger partial charge in [0.15, 0.2) is 11.6 Å². The van der Waals surface area contributed by atoms with Crippen LogP contribution in [0.5, 0.6) is 0 Å². The average Bonchev–Trinajstić information content (AvgIpc) is 3.42. The summed E-state index contributed by atoms with van der Waals surface area (Å²) in [5.74, 6) is 1.17. The number of rotatable bonds is 7. The van der Waals surface area contributed by atoms with Gasteiger partial charge in [0.05, 0.1) is 11.9 Å². The Labute approximate surface area is 195 Å². The molecule has 0 unspecified atom stereocenters. The van der Waals surface area contributed by atoms with E-state index in [0.29, 0.717) is 29.0 Å². The molecule has 0 aliphatic heterocycles. The number of hydrogen-bond donors (Lipinski definition) is 1. The number of aryl methyl sites for hydroxylation is 2. The van der Waals surface area contributed by atoms with Crippen LogP contribution in [-0.4, -0.2) is 40.7 Å². The van der Waals surface area contributed by atoms with Gasteiger partial charge in [-0.2, -0.15) is 15.1 Å². The summed E-state index contributed by atoms with van der Waals surface area (Å²) in [6, 6.07) is 5.49. The van der Waals surface area contributed by atoms with Crippen LogP contribution in [0.1, 0.15) is 49.3 Å². The Bertz CT molecular complexity index is 1290. The van der Waals surface area contributed by atoms with Gasteiger partial charge in [0.1, 0.15) is 6.33 Å². The number of carbonyl (C=O) groups excluding carboxylic acids is 1. The van der Waals surface area contributed by atoms with Crippen LogP contribution >= 0.6 is 11.6 Å². The Morgan fingerprint density at radius 1 is 1.21 bits per heavy atom. The smallest absolute Gasteiger partial charge is 0.294 e. The number of nitrogens with zero attached hydrogens (tertiary/aromatic N) is 7. The van der Waals surface area contributed by atoms with E-state index in [2.05, 4.69) is 35.5 Å². The molecule has 0 fully saturated rings. The van der Waals surface area contributed by atoms with E-state index in [1.54, 1.807) is 16.9 Å². The Morgan fingerprint density at radius 3 is 2.70 bits per heavy atom. The van der Waals surface area contributed by atoms with Gasteiger partial charge in [-0.1, -0.05) is 49.7 Å². The number of carbonyl (C=O) groups is 1. The van der Waals surface area contributed by atoms with Crippen molar-refractivity contribution in [1.82, 2.24) is 34.9 Å². The maximum atomic E-state index is 12.5. The fourth-order valence-corrected chi connectivity index (χ4v) is 3.27. The van der Waals surface area contributed by atoms with E-state index >= 15 is 0 Å². The molecular formula is C22H23ClN8O2. The van der Waals surface area contributed by atoms with E-state index in [1.807, 2.05) is 46.1 Å². The molecule has 0 bridgehead atoms. The Hall–Kier alpha value is -3.66. The molecule has 4 aromatic rings. The molecule has 11 heteroatoms. The van der Waals surface area contributed by atoms with Gasteiger partial charge in [-0.05, 0) is 18.1 Å². The third-order valence-electron chi connectivity index (χ3n) is 4.80. The summed E-state index contributed by atoms with van der Waals surface area (Å²) in [6.07, 6.45) is 5.56. The second-order valence-corrected chi connectivity index (χ2v) is 8.97. The highest BCUT2D eigenvalue weighted by Crippen LogP contribution is 2.26. The van der Waals surface area contributed by atoms with Crippen molar-refractivity contribution in [3.05, 3.63) is 59.2 Å². The normalized spacial score (nSPS) is 11.5. The van der Waals surface area contributed by atoms with E-state index in [-0.39, 0.29) is 23.5 Å². The predicted octanol–water partition coefficient (Wildman–Crippen LogP) is 4.17. The quantitative estimate of drug-likeness (QED) is 0.399. The SMILES string of the molecule is Cn1cc(Nc2ncnc(-c3ccc(CCC(=O)c4nc(C(C)(C)C)no4)c(Cl)c3)n2)cn1. The molecule has 0 aliphatic carbocycles. The molecule has 170 valence electrons. The van der Waals surface area contributed by atoms with Gasteiger partial charge in [0, 0.05) is 35.7 Å². The van der Waals surface area contributed by atoms with Crippen LogP contribution in [0.3, 0.4) is 0 Å². The molecule has 33 heavy (non-hydrogen) atoms. The zero-order chi connectivity index (χ0) is 23.6. The first-order chi connectivity index (χ1) is 15.7. The summed E-state index contributed by atoms with van der Waals surface area (Å²) in [5, 5.41) is 11.6. The molecule has 0 aliphatic rings.